The lowest BCUT2D eigenvalue weighted by Gasteiger charge is -2.45. The zero-order valence-electron chi connectivity index (χ0n) is 9.97. The molecule has 0 aromatic heterocycles. The first-order valence-electron chi connectivity index (χ1n) is 6.67. The van der Waals surface area contributed by atoms with Crippen LogP contribution in [0, 0.1) is 11.3 Å². The second-order valence-electron chi connectivity index (χ2n) is 5.14. The molecule has 0 radical (unpaired) electrons. The van der Waals surface area contributed by atoms with Crippen LogP contribution in [0.1, 0.15) is 58.3 Å². The first-order chi connectivity index (χ1) is 7.33. The first kappa shape index (κ1) is 11.0. The molecule has 0 unspecified atom stereocenters. The largest absolute Gasteiger partial charge is 0.357 e. The van der Waals surface area contributed by atoms with Gasteiger partial charge in [0, 0.05) is 19.0 Å². The maximum atomic E-state index is 8.13. The van der Waals surface area contributed by atoms with Gasteiger partial charge in [0.1, 0.15) is 0 Å². The van der Waals surface area contributed by atoms with Gasteiger partial charge < -0.3 is 4.90 Å². The molecule has 2 rings (SSSR count). The summed E-state index contributed by atoms with van der Waals surface area (Å²) in [6.07, 6.45) is 10.4. The zero-order chi connectivity index (χ0) is 10.7. The van der Waals surface area contributed by atoms with Gasteiger partial charge in [0.25, 0.3) is 0 Å². The fourth-order valence-electron chi connectivity index (χ4n) is 3.34. The Kier molecular flexibility index (Phi) is 3.66. The number of piperidine rings is 1. The second-order valence-corrected chi connectivity index (χ2v) is 5.14. The Morgan fingerprint density at radius 2 is 1.93 bits per heavy atom. The van der Waals surface area contributed by atoms with E-state index in [4.69, 9.17) is 5.41 Å². The molecule has 0 aromatic rings. The summed E-state index contributed by atoms with van der Waals surface area (Å²) in [5.74, 6) is 1.82. The van der Waals surface area contributed by atoms with Crippen LogP contribution in [-0.4, -0.2) is 23.3 Å². The molecule has 0 amide bonds. The van der Waals surface area contributed by atoms with Crippen LogP contribution in [0.5, 0.6) is 0 Å². The summed E-state index contributed by atoms with van der Waals surface area (Å²) in [6.45, 7) is 3.33. The normalized spacial score (nSPS) is 31.1. The molecule has 1 heterocycles. The molecular weight excluding hydrogens is 184 g/mol. The van der Waals surface area contributed by atoms with Gasteiger partial charge in [-0.15, -0.1) is 0 Å². The van der Waals surface area contributed by atoms with E-state index >= 15 is 0 Å². The van der Waals surface area contributed by atoms with E-state index in [0.717, 1.165) is 37.2 Å². The summed E-state index contributed by atoms with van der Waals surface area (Å²) in [6, 6.07) is 0.728. The Bertz CT molecular complexity index is 223. The van der Waals surface area contributed by atoms with Gasteiger partial charge in [-0.05, 0) is 38.0 Å². The van der Waals surface area contributed by atoms with Crippen LogP contribution in [0.25, 0.3) is 0 Å². The van der Waals surface area contributed by atoms with E-state index in [2.05, 4.69) is 11.8 Å². The lowest BCUT2D eigenvalue weighted by Crippen LogP contribution is -2.49. The highest BCUT2D eigenvalue weighted by Gasteiger charge is 2.33. The smallest absolute Gasteiger partial charge is 0.0960 e. The molecule has 0 bridgehead atoms. The van der Waals surface area contributed by atoms with Crippen molar-refractivity contribution in [1.29, 1.82) is 5.41 Å². The minimum absolute atomic E-state index is 0.728. The molecule has 1 saturated heterocycles. The van der Waals surface area contributed by atoms with Crippen LogP contribution in [0.3, 0.4) is 0 Å². The van der Waals surface area contributed by atoms with Gasteiger partial charge in [-0.25, -0.2) is 0 Å². The van der Waals surface area contributed by atoms with E-state index in [1.54, 1.807) is 0 Å². The minimum atomic E-state index is 0.728. The number of rotatable bonds is 2. The predicted octanol–water partition coefficient (Wildman–Crippen LogP) is 3.42. The van der Waals surface area contributed by atoms with Crippen LogP contribution >= 0.6 is 0 Å². The van der Waals surface area contributed by atoms with Crippen molar-refractivity contribution in [3.63, 3.8) is 0 Å². The lowest BCUT2D eigenvalue weighted by atomic mass is 9.78. The predicted molar refractivity (Wildman–Crippen MR) is 64.3 cm³/mol. The van der Waals surface area contributed by atoms with Crippen LogP contribution in [-0.2, 0) is 0 Å². The Hall–Kier alpha value is -0.530. The lowest BCUT2D eigenvalue weighted by molar-refractivity contribution is 0.116. The molecule has 2 atom stereocenters. The highest BCUT2D eigenvalue weighted by atomic mass is 15.2. The van der Waals surface area contributed by atoms with E-state index in [0.29, 0.717) is 0 Å². The van der Waals surface area contributed by atoms with E-state index in [-0.39, 0.29) is 0 Å². The third kappa shape index (κ3) is 2.35. The third-order valence-electron chi connectivity index (χ3n) is 4.08. The second kappa shape index (κ2) is 5.00. The van der Waals surface area contributed by atoms with Gasteiger partial charge in [0.15, 0.2) is 0 Å². The Labute approximate surface area is 93.6 Å². The molecule has 2 heteroatoms. The van der Waals surface area contributed by atoms with Crippen molar-refractivity contribution in [1.82, 2.24) is 4.90 Å². The molecule has 1 N–H and O–H groups in total. The van der Waals surface area contributed by atoms with E-state index in [1.807, 2.05) is 0 Å². The monoisotopic (exact) mass is 208 g/mol. The summed E-state index contributed by atoms with van der Waals surface area (Å²) in [7, 11) is 0. The highest BCUT2D eigenvalue weighted by molar-refractivity contribution is 5.79. The van der Waals surface area contributed by atoms with Crippen LogP contribution < -0.4 is 0 Å². The Balaban J connectivity index is 2.00. The van der Waals surface area contributed by atoms with Crippen molar-refractivity contribution >= 4 is 5.84 Å². The number of hydrogen-bond donors (Lipinski definition) is 1. The Morgan fingerprint density at radius 1 is 1.20 bits per heavy atom. The van der Waals surface area contributed by atoms with Crippen molar-refractivity contribution in [2.24, 2.45) is 5.92 Å². The number of fused-ring (bicyclic) bond motifs is 1. The first-order valence-corrected chi connectivity index (χ1v) is 6.67. The number of likely N-dealkylation sites (tertiary alicyclic amines) is 1. The topological polar surface area (TPSA) is 27.1 Å². The SMILES string of the molecule is CCCC(=N)N1CCC[C@H]2CCCC[C@H]21. The molecule has 0 spiro atoms. The number of hydrogen-bond acceptors (Lipinski definition) is 1. The summed E-state index contributed by atoms with van der Waals surface area (Å²) in [5, 5.41) is 8.13. The fourth-order valence-corrected chi connectivity index (χ4v) is 3.34. The van der Waals surface area contributed by atoms with Gasteiger partial charge in [-0.3, -0.25) is 5.41 Å². The van der Waals surface area contributed by atoms with Gasteiger partial charge in [0.2, 0.25) is 0 Å². The average molecular weight is 208 g/mol. The number of amidine groups is 1. The van der Waals surface area contributed by atoms with E-state index in [1.165, 1.54) is 38.5 Å². The summed E-state index contributed by atoms with van der Waals surface area (Å²) in [5.41, 5.74) is 0. The highest BCUT2D eigenvalue weighted by Crippen LogP contribution is 2.35. The molecule has 1 saturated carbocycles. The van der Waals surface area contributed by atoms with E-state index < -0.39 is 0 Å². The molecular formula is C13H24N2. The standard InChI is InChI=1S/C13H24N2/c1-2-6-13(14)15-10-5-8-11-7-3-4-9-12(11)15/h11-12,14H,2-10H2,1H3/t11-,12-/m1/s1. The molecule has 86 valence electrons. The molecule has 0 aromatic carbocycles. The zero-order valence-corrected chi connectivity index (χ0v) is 9.97. The van der Waals surface area contributed by atoms with Gasteiger partial charge >= 0.3 is 0 Å². The third-order valence-corrected chi connectivity index (χ3v) is 4.08. The van der Waals surface area contributed by atoms with Gasteiger partial charge in [-0.2, -0.15) is 0 Å². The van der Waals surface area contributed by atoms with Crippen LogP contribution in [0.4, 0.5) is 0 Å². The molecule has 1 aliphatic heterocycles. The summed E-state index contributed by atoms with van der Waals surface area (Å²) in [4.78, 5) is 2.43. The van der Waals surface area contributed by atoms with E-state index in [9.17, 15) is 0 Å². The van der Waals surface area contributed by atoms with Crippen LogP contribution in [0.15, 0.2) is 0 Å². The minimum Gasteiger partial charge on any atom is -0.357 e. The maximum absolute atomic E-state index is 8.13. The van der Waals surface area contributed by atoms with Gasteiger partial charge in [0.05, 0.1) is 5.84 Å². The average Bonchev–Trinajstić information content (AvgIpc) is 2.28. The maximum Gasteiger partial charge on any atom is 0.0960 e. The molecule has 2 nitrogen and oxygen atoms in total. The van der Waals surface area contributed by atoms with Crippen molar-refractivity contribution in [3.05, 3.63) is 0 Å². The summed E-state index contributed by atoms with van der Waals surface area (Å²) < 4.78 is 0. The quantitative estimate of drug-likeness (QED) is 0.546. The Morgan fingerprint density at radius 3 is 2.73 bits per heavy atom. The molecule has 1 aliphatic carbocycles. The van der Waals surface area contributed by atoms with Gasteiger partial charge in [-0.1, -0.05) is 19.8 Å². The molecule has 2 fully saturated rings. The molecule has 15 heavy (non-hydrogen) atoms. The van der Waals surface area contributed by atoms with Crippen molar-refractivity contribution in [2.75, 3.05) is 6.54 Å². The summed E-state index contributed by atoms with van der Waals surface area (Å²) >= 11 is 0. The molecule has 2 aliphatic rings. The number of nitrogens with one attached hydrogen (secondary N) is 1. The number of nitrogens with zero attached hydrogens (tertiary/aromatic N) is 1. The van der Waals surface area contributed by atoms with Crippen molar-refractivity contribution in [2.45, 2.75) is 64.3 Å². The van der Waals surface area contributed by atoms with Crippen LogP contribution in [0.2, 0.25) is 0 Å². The van der Waals surface area contributed by atoms with Crippen molar-refractivity contribution < 1.29 is 0 Å². The fraction of sp³-hybridized carbons (Fsp3) is 0.923. The van der Waals surface area contributed by atoms with Crippen molar-refractivity contribution in [3.8, 4) is 0 Å².